The number of aromatic nitrogens is 4. The maximum absolute atomic E-state index is 12.3. The Morgan fingerprint density at radius 3 is 2.67 bits per heavy atom. The average Bonchev–Trinajstić information content (AvgIpc) is 3.01. The van der Waals surface area contributed by atoms with Crippen molar-refractivity contribution in [2.75, 3.05) is 6.54 Å². The van der Waals surface area contributed by atoms with Gasteiger partial charge in [0, 0.05) is 24.8 Å². The van der Waals surface area contributed by atoms with Crippen molar-refractivity contribution in [1.82, 2.24) is 25.3 Å². The number of nitrogens with zero attached hydrogens (tertiary/aromatic N) is 3. The summed E-state index contributed by atoms with van der Waals surface area (Å²) in [5.41, 5.74) is 3.79. The van der Waals surface area contributed by atoms with E-state index in [0.717, 1.165) is 17.0 Å². The van der Waals surface area contributed by atoms with E-state index in [2.05, 4.69) is 20.6 Å². The van der Waals surface area contributed by atoms with E-state index < -0.39 is 6.10 Å². The maximum Gasteiger partial charge on any atom is 0.269 e. The summed E-state index contributed by atoms with van der Waals surface area (Å²) >= 11 is 0. The summed E-state index contributed by atoms with van der Waals surface area (Å²) in [6.45, 7) is 10.2. The smallest absolute Gasteiger partial charge is 0.269 e. The second-order valence-corrected chi connectivity index (χ2v) is 7.24. The Hall–Kier alpha value is -2.15. The van der Waals surface area contributed by atoms with E-state index in [1.807, 2.05) is 34.7 Å². The highest BCUT2D eigenvalue weighted by atomic mass is 16.3. The zero-order chi connectivity index (χ0) is 18.1. The van der Waals surface area contributed by atoms with Crippen LogP contribution in [0.2, 0.25) is 0 Å². The molecule has 0 fully saturated rings. The Balaban J connectivity index is 2.09. The van der Waals surface area contributed by atoms with Crippen LogP contribution < -0.4 is 5.32 Å². The molecule has 0 aromatic carbocycles. The average molecular weight is 333 g/mol. The van der Waals surface area contributed by atoms with Gasteiger partial charge in [0.05, 0.1) is 17.5 Å². The quantitative estimate of drug-likeness (QED) is 0.753. The van der Waals surface area contributed by atoms with E-state index in [-0.39, 0.29) is 11.3 Å². The summed E-state index contributed by atoms with van der Waals surface area (Å²) in [5.74, 6) is -0.202. The van der Waals surface area contributed by atoms with Crippen molar-refractivity contribution in [3.8, 4) is 11.3 Å². The minimum absolute atomic E-state index is 0.177. The molecular formula is C17H27N5O2. The highest BCUT2D eigenvalue weighted by Crippen LogP contribution is 2.25. The minimum Gasteiger partial charge on any atom is -0.393 e. The van der Waals surface area contributed by atoms with Gasteiger partial charge in [-0.1, -0.05) is 13.8 Å². The molecule has 2 rings (SSSR count). The number of aromatic amines is 1. The van der Waals surface area contributed by atoms with Crippen LogP contribution in [0, 0.1) is 19.3 Å². The van der Waals surface area contributed by atoms with Gasteiger partial charge < -0.3 is 10.4 Å². The van der Waals surface area contributed by atoms with E-state index in [0.29, 0.717) is 24.4 Å². The lowest BCUT2D eigenvalue weighted by molar-refractivity contribution is 0.0897. The Labute approximate surface area is 142 Å². The zero-order valence-electron chi connectivity index (χ0n) is 15.3. The van der Waals surface area contributed by atoms with Gasteiger partial charge in [-0.05, 0) is 38.7 Å². The molecule has 1 amide bonds. The maximum atomic E-state index is 12.3. The molecular weight excluding hydrogens is 306 g/mol. The number of amides is 1. The molecule has 0 radical (unpaired) electrons. The lowest BCUT2D eigenvalue weighted by atomic mass is 9.87. The van der Waals surface area contributed by atoms with Crippen molar-refractivity contribution in [2.45, 2.75) is 47.1 Å². The second kappa shape index (κ2) is 6.76. The number of rotatable bonds is 6. The molecule has 0 bridgehead atoms. The van der Waals surface area contributed by atoms with E-state index in [4.69, 9.17) is 0 Å². The van der Waals surface area contributed by atoms with Crippen molar-refractivity contribution in [3.05, 3.63) is 23.1 Å². The molecule has 2 aromatic rings. The highest BCUT2D eigenvalue weighted by Gasteiger charge is 2.22. The van der Waals surface area contributed by atoms with Crippen LogP contribution in [0.3, 0.4) is 0 Å². The van der Waals surface area contributed by atoms with E-state index in [1.54, 1.807) is 17.7 Å². The lowest BCUT2D eigenvalue weighted by Gasteiger charge is -2.26. The number of hydrogen-bond acceptors (Lipinski definition) is 4. The Morgan fingerprint density at radius 1 is 1.46 bits per heavy atom. The molecule has 0 aliphatic heterocycles. The van der Waals surface area contributed by atoms with Crippen molar-refractivity contribution in [2.24, 2.45) is 12.5 Å². The molecule has 0 saturated heterocycles. The monoisotopic (exact) mass is 333 g/mol. The van der Waals surface area contributed by atoms with Crippen LogP contribution in [0.15, 0.2) is 6.07 Å². The fraction of sp³-hybridized carbons (Fsp3) is 0.588. The Morgan fingerprint density at radius 2 is 2.12 bits per heavy atom. The third-order valence-corrected chi connectivity index (χ3v) is 4.16. The molecule has 3 N–H and O–H groups in total. The van der Waals surface area contributed by atoms with Crippen LogP contribution in [-0.4, -0.2) is 43.6 Å². The summed E-state index contributed by atoms with van der Waals surface area (Å²) in [6.07, 6.45) is 0.224. The van der Waals surface area contributed by atoms with E-state index in [9.17, 15) is 9.90 Å². The molecule has 0 saturated carbocycles. The summed E-state index contributed by atoms with van der Waals surface area (Å²) in [4.78, 5) is 12.3. The molecule has 132 valence electrons. The van der Waals surface area contributed by atoms with Crippen LogP contribution in [-0.2, 0) is 7.05 Å². The van der Waals surface area contributed by atoms with Gasteiger partial charge in [-0.2, -0.15) is 10.2 Å². The minimum atomic E-state index is -0.396. The molecule has 0 aliphatic rings. The number of carbonyl (C=O) groups is 1. The first-order valence-electron chi connectivity index (χ1n) is 8.13. The molecule has 2 heterocycles. The van der Waals surface area contributed by atoms with Gasteiger partial charge in [0.15, 0.2) is 0 Å². The van der Waals surface area contributed by atoms with Gasteiger partial charge in [0.1, 0.15) is 5.69 Å². The molecule has 24 heavy (non-hydrogen) atoms. The largest absolute Gasteiger partial charge is 0.393 e. The Kier molecular flexibility index (Phi) is 5.13. The van der Waals surface area contributed by atoms with Gasteiger partial charge in [-0.3, -0.25) is 14.6 Å². The number of hydrogen-bond donors (Lipinski definition) is 3. The summed E-state index contributed by atoms with van der Waals surface area (Å²) < 4.78 is 1.80. The molecule has 0 spiro atoms. The number of aliphatic hydroxyl groups excluding tert-OH is 1. The first kappa shape index (κ1) is 18.2. The molecule has 0 aliphatic carbocycles. The SMILES string of the molecule is Cc1nn(C)c(C)c1-c1cc(C(=O)NCC(C)(C)CC(C)O)[nH]n1. The van der Waals surface area contributed by atoms with Gasteiger partial charge in [-0.15, -0.1) is 0 Å². The standard InChI is InChI=1S/C17H27N5O2/c1-10(23)8-17(4,5)9-18-16(24)14-7-13(19-20-14)15-11(2)21-22(6)12(15)3/h7,10,23H,8-9H2,1-6H3,(H,18,24)(H,19,20). The highest BCUT2D eigenvalue weighted by molar-refractivity contribution is 5.93. The van der Waals surface area contributed by atoms with Crippen LogP contribution in [0.5, 0.6) is 0 Å². The molecule has 7 nitrogen and oxygen atoms in total. The molecule has 2 aromatic heterocycles. The lowest BCUT2D eigenvalue weighted by Crippen LogP contribution is -2.35. The normalized spacial score (nSPS) is 13.1. The van der Waals surface area contributed by atoms with Gasteiger partial charge in [-0.25, -0.2) is 0 Å². The third-order valence-electron chi connectivity index (χ3n) is 4.16. The van der Waals surface area contributed by atoms with Gasteiger partial charge in [0.2, 0.25) is 0 Å². The van der Waals surface area contributed by atoms with E-state index >= 15 is 0 Å². The summed E-state index contributed by atoms with van der Waals surface area (Å²) in [7, 11) is 1.89. The number of nitrogens with one attached hydrogen (secondary N) is 2. The second-order valence-electron chi connectivity index (χ2n) is 7.24. The predicted molar refractivity (Wildman–Crippen MR) is 92.7 cm³/mol. The fourth-order valence-corrected chi connectivity index (χ4v) is 3.00. The van der Waals surface area contributed by atoms with Crippen LogP contribution in [0.25, 0.3) is 11.3 Å². The third kappa shape index (κ3) is 4.03. The first-order valence-corrected chi connectivity index (χ1v) is 8.13. The summed E-state index contributed by atoms with van der Waals surface area (Å²) in [5, 5.41) is 23.8. The number of aryl methyl sites for hydroxylation is 2. The van der Waals surface area contributed by atoms with Crippen molar-refractivity contribution >= 4 is 5.91 Å². The predicted octanol–water partition coefficient (Wildman–Crippen LogP) is 1.95. The van der Waals surface area contributed by atoms with Gasteiger partial charge in [0.25, 0.3) is 5.91 Å². The van der Waals surface area contributed by atoms with Crippen LogP contribution in [0.4, 0.5) is 0 Å². The first-order chi connectivity index (χ1) is 11.1. The number of H-pyrrole nitrogens is 1. The summed E-state index contributed by atoms with van der Waals surface area (Å²) in [6, 6.07) is 1.74. The van der Waals surface area contributed by atoms with Crippen molar-refractivity contribution < 1.29 is 9.90 Å². The van der Waals surface area contributed by atoms with Gasteiger partial charge >= 0.3 is 0 Å². The van der Waals surface area contributed by atoms with E-state index in [1.165, 1.54) is 0 Å². The number of carbonyl (C=O) groups excluding carboxylic acids is 1. The molecule has 1 atom stereocenters. The fourth-order valence-electron chi connectivity index (χ4n) is 3.00. The zero-order valence-corrected chi connectivity index (χ0v) is 15.3. The van der Waals surface area contributed by atoms with Crippen LogP contribution >= 0.6 is 0 Å². The molecule has 7 heteroatoms. The van der Waals surface area contributed by atoms with Crippen molar-refractivity contribution in [1.29, 1.82) is 0 Å². The Bertz CT molecular complexity index is 727. The topological polar surface area (TPSA) is 95.8 Å². The number of aliphatic hydroxyl groups is 1. The van der Waals surface area contributed by atoms with Crippen molar-refractivity contribution in [3.63, 3.8) is 0 Å². The molecule has 1 unspecified atom stereocenters. The van der Waals surface area contributed by atoms with Crippen LogP contribution in [0.1, 0.15) is 49.1 Å².